The highest BCUT2D eigenvalue weighted by atomic mass is 32.2. The molecule has 5 nitrogen and oxygen atoms in total. The molecule has 8 heteroatoms. The molecule has 0 fully saturated rings. The van der Waals surface area contributed by atoms with Crippen LogP contribution in [-0.2, 0) is 23.1 Å². The van der Waals surface area contributed by atoms with Gasteiger partial charge in [0.1, 0.15) is 0 Å². The number of sulfonamides is 1. The Balaban J connectivity index is 1.95. The molecule has 2 heterocycles. The van der Waals surface area contributed by atoms with Gasteiger partial charge in [0.05, 0.1) is 9.90 Å². The summed E-state index contributed by atoms with van der Waals surface area (Å²) in [6.07, 6.45) is 2.77. The highest BCUT2D eigenvalue weighted by molar-refractivity contribution is 7.89. The Labute approximate surface area is 133 Å². The minimum absolute atomic E-state index is 0.285. The summed E-state index contributed by atoms with van der Waals surface area (Å²) in [4.78, 5) is 6.39. The predicted molar refractivity (Wildman–Crippen MR) is 87.2 cm³/mol. The SMILES string of the molecule is CCCNCc1cc(S(=O)(=O)NCc2cnc(C)s2)cs1. The van der Waals surface area contributed by atoms with Gasteiger partial charge in [0, 0.05) is 34.4 Å². The first kappa shape index (κ1) is 16.6. The van der Waals surface area contributed by atoms with Gasteiger partial charge < -0.3 is 5.32 Å². The number of aryl methyl sites for hydroxylation is 1. The van der Waals surface area contributed by atoms with Gasteiger partial charge in [0.2, 0.25) is 10.0 Å². The molecular formula is C13H19N3O2S3. The number of rotatable bonds is 8. The van der Waals surface area contributed by atoms with Crippen molar-refractivity contribution in [1.29, 1.82) is 0 Å². The zero-order valence-electron chi connectivity index (χ0n) is 12.0. The van der Waals surface area contributed by atoms with Crippen LogP contribution in [0.5, 0.6) is 0 Å². The third kappa shape index (κ3) is 4.86. The first-order valence-electron chi connectivity index (χ1n) is 6.70. The lowest BCUT2D eigenvalue weighted by Crippen LogP contribution is -2.22. The Hall–Kier alpha value is -0.800. The third-order valence-corrected chi connectivity index (χ3v) is 6.15. The first-order chi connectivity index (χ1) is 10.0. The Kier molecular flexibility index (Phi) is 5.88. The Bertz CT molecular complexity index is 676. The second-order valence-corrected chi connectivity index (χ2v) is 8.68. The van der Waals surface area contributed by atoms with Crippen molar-refractivity contribution in [2.45, 2.75) is 38.3 Å². The van der Waals surface area contributed by atoms with Crippen LogP contribution >= 0.6 is 22.7 Å². The second kappa shape index (κ2) is 7.46. The maximum absolute atomic E-state index is 12.2. The van der Waals surface area contributed by atoms with E-state index < -0.39 is 10.0 Å². The molecule has 0 aliphatic heterocycles. The van der Waals surface area contributed by atoms with Crippen molar-refractivity contribution >= 4 is 32.7 Å². The van der Waals surface area contributed by atoms with Gasteiger partial charge in [-0.2, -0.15) is 0 Å². The van der Waals surface area contributed by atoms with Crippen molar-refractivity contribution in [2.24, 2.45) is 0 Å². The molecule has 0 bridgehead atoms. The minimum atomic E-state index is -3.45. The van der Waals surface area contributed by atoms with Crippen molar-refractivity contribution in [2.75, 3.05) is 6.54 Å². The van der Waals surface area contributed by atoms with E-state index in [9.17, 15) is 8.42 Å². The van der Waals surface area contributed by atoms with Crippen LogP contribution in [0.2, 0.25) is 0 Å². The molecule has 0 radical (unpaired) electrons. The van der Waals surface area contributed by atoms with E-state index in [1.165, 1.54) is 22.7 Å². The van der Waals surface area contributed by atoms with Gasteiger partial charge in [0.25, 0.3) is 0 Å². The zero-order chi connectivity index (χ0) is 15.3. The largest absolute Gasteiger partial charge is 0.312 e. The molecule has 0 saturated heterocycles. The van der Waals surface area contributed by atoms with Crippen LogP contribution in [0.25, 0.3) is 0 Å². The lowest BCUT2D eigenvalue weighted by atomic mass is 10.4. The molecule has 0 aliphatic carbocycles. The molecule has 0 saturated carbocycles. The first-order valence-corrected chi connectivity index (χ1v) is 9.88. The fraction of sp³-hybridized carbons (Fsp3) is 0.462. The summed E-state index contributed by atoms with van der Waals surface area (Å²) in [5.74, 6) is 0. The number of nitrogens with zero attached hydrogens (tertiary/aromatic N) is 1. The van der Waals surface area contributed by atoms with Crippen molar-refractivity contribution in [3.05, 3.63) is 32.4 Å². The number of hydrogen-bond donors (Lipinski definition) is 2. The molecule has 21 heavy (non-hydrogen) atoms. The Morgan fingerprint density at radius 1 is 1.29 bits per heavy atom. The van der Waals surface area contributed by atoms with Gasteiger partial charge >= 0.3 is 0 Å². The Morgan fingerprint density at radius 3 is 2.76 bits per heavy atom. The maximum atomic E-state index is 12.2. The lowest BCUT2D eigenvalue weighted by molar-refractivity contribution is 0.582. The van der Waals surface area contributed by atoms with Gasteiger partial charge in [-0.15, -0.1) is 22.7 Å². The van der Waals surface area contributed by atoms with E-state index in [2.05, 4.69) is 21.9 Å². The van der Waals surface area contributed by atoms with Crippen LogP contribution in [0.4, 0.5) is 0 Å². The summed E-state index contributed by atoms with van der Waals surface area (Å²) >= 11 is 2.96. The van der Waals surface area contributed by atoms with E-state index >= 15 is 0 Å². The molecule has 0 unspecified atom stereocenters. The summed E-state index contributed by atoms with van der Waals surface area (Å²) in [5.41, 5.74) is 0. The van der Waals surface area contributed by atoms with Gasteiger partial charge in [-0.3, -0.25) is 0 Å². The molecule has 0 aromatic carbocycles. The minimum Gasteiger partial charge on any atom is -0.312 e. The van der Waals surface area contributed by atoms with E-state index in [4.69, 9.17) is 0 Å². The van der Waals surface area contributed by atoms with Gasteiger partial charge in [-0.25, -0.2) is 18.1 Å². The monoisotopic (exact) mass is 345 g/mol. The average molecular weight is 346 g/mol. The van der Waals surface area contributed by atoms with Gasteiger partial charge in [-0.05, 0) is 26.0 Å². The number of thiophene rings is 1. The molecule has 0 amide bonds. The molecular weight excluding hydrogens is 326 g/mol. The normalized spacial score (nSPS) is 11.9. The van der Waals surface area contributed by atoms with Crippen molar-refractivity contribution in [1.82, 2.24) is 15.0 Å². The second-order valence-electron chi connectivity index (χ2n) is 4.60. The molecule has 0 spiro atoms. The summed E-state index contributed by atoms with van der Waals surface area (Å²) in [6, 6.07) is 1.73. The summed E-state index contributed by atoms with van der Waals surface area (Å²) in [5, 5.41) is 5.88. The molecule has 2 aromatic heterocycles. The van der Waals surface area contributed by atoms with Crippen LogP contribution in [0.15, 0.2) is 22.5 Å². The smallest absolute Gasteiger partial charge is 0.241 e. The van der Waals surface area contributed by atoms with E-state index in [1.807, 2.05) is 6.92 Å². The van der Waals surface area contributed by atoms with Crippen LogP contribution in [0.1, 0.15) is 28.1 Å². The zero-order valence-corrected chi connectivity index (χ0v) is 14.5. The Morgan fingerprint density at radius 2 is 2.10 bits per heavy atom. The molecule has 2 aromatic rings. The molecule has 116 valence electrons. The molecule has 0 atom stereocenters. The van der Waals surface area contributed by atoms with Crippen molar-refractivity contribution < 1.29 is 8.42 Å². The van der Waals surface area contributed by atoms with Crippen molar-refractivity contribution in [3.63, 3.8) is 0 Å². The molecule has 2 rings (SSSR count). The highest BCUT2D eigenvalue weighted by Crippen LogP contribution is 2.20. The van der Waals surface area contributed by atoms with E-state index in [0.717, 1.165) is 27.7 Å². The number of nitrogens with one attached hydrogen (secondary N) is 2. The quantitative estimate of drug-likeness (QED) is 0.721. The standard InChI is InChI=1S/C13H19N3O2S3/c1-3-4-14-6-11-5-13(9-19-11)21(17,18)16-8-12-7-15-10(2)20-12/h5,7,9,14,16H,3-4,6,8H2,1-2H3. The summed E-state index contributed by atoms with van der Waals surface area (Å²) in [6.45, 7) is 5.93. The molecule has 2 N–H and O–H groups in total. The topological polar surface area (TPSA) is 71.1 Å². The number of thiazole rings is 1. The lowest BCUT2D eigenvalue weighted by Gasteiger charge is -2.03. The van der Waals surface area contributed by atoms with E-state index in [1.54, 1.807) is 17.6 Å². The van der Waals surface area contributed by atoms with Gasteiger partial charge in [0.15, 0.2) is 0 Å². The summed E-state index contributed by atoms with van der Waals surface area (Å²) < 4.78 is 27.0. The number of hydrogen-bond acceptors (Lipinski definition) is 6. The molecule has 0 aliphatic rings. The average Bonchev–Trinajstić information content (AvgIpc) is 3.06. The fourth-order valence-electron chi connectivity index (χ4n) is 1.72. The highest BCUT2D eigenvalue weighted by Gasteiger charge is 2.16. The van der Waals surface area contributed by atoms with E-state index in [0.29, 0.717) is 11.4 Å². The van der Waals surface area contributed by atoms with Crippen molar-refractivity contribution in [3.8, 4) is 0 Å². The maximum Gasteiger partial charge on any atom is 0.241 e. The number of aromatic nitrogens is 1. The van der Waals surface area contributed by atoms with Gasteiger partial charge in [-0.1, -0.05) is 6.92 Å². The third-order valence-electron chi connectivity index (χ3n) is 2.77. The van der Waals surface area contributed by atoms with Crippen LogP contribution in [0.3, 0.4) is 0 Å². The fourth-order valence-corrected chi connectivity index (χ4v) is 4.80. The summed E-state index contributed by atoms with van der Waals surface area (Å²) in [7, 11) is -3.45. The van der Waals surface area contributed by atoms with Crippen LogP contribution in [-0.4, -0.2) is 19.9 Å². The predicted octanol–water partition coefficient (Wildman–Crippen LogP) is 2.49. The van der Waals surface area contributed by atoms with Crippen LogP contribution in [0, 0.1) is 6.92 Å². The van der Waals surface area contributed by atoms with Crippen LogP contribution < -0.4 is 10.0 Å². The van der Waals surface area contributed by atoms with E-state index in [-0.39, 0.29) is 6.54 Å².